The highest BCUT2D eigenvalue weighted by atomic mass is 16.5. The first-order valence-electron chi connectivity index (χ1n) is 7.13. The first-order valence-corrected chi connectivity index (χ1v) is 7.13. The monoisotopic (exact) mass is 271 g/mol. The summed E-state index contributed by atoms with van der Waals surface area (Å²) in [5, 5.41) is 6.29. The van der Waals surface area contributed by atoms with Crippen molar-refractivity contribution in [3.8, 4) is 0 Å². The molecule has 0 spiro atoms. The van der Waals surface area contributed by atoms with Gasteiger partial charge in [-0.3, -0.25) is 4.99 Å². The van der Waals surface area contributed by atoms with Gasteiger partial charge in [0.05, 0.1) is 26.4 Å². The van der Waals surface area contributed by atoms with Crippen LogP contribution in [0.5, 0.6) is 0 Å². The third-order valence-electron chi connectivity index (χ3n) is 2.28. The Labute approximate surface area is 117 Å². The van der Waals surface area contributed by atoms with E-state index in [1.54, 1.807) is 6.08 Å². The zero-order valence-electron chi connectivity index (χ0n) is 12.4. The van der Waals surface area contributed by atoms with Crippen LogP contribution in [0.1, 0.15) is 26.7 Å². The summed E-state index contributed by atoms with van der Waals surface area (Å²) in [4.78, 5) is 4.38. The van der Waals surface area contributed by atoms with Crippen LogP contribution >= 0.6 is 0 Å². The molecule has 0 heterocycles. The molecule has 0 saturated heterocycles. The third kappa shape index (κ3) is 13.2. The molecule has 112 valence electrons. The Morgan fingerprint density at radius 1 is 1.11 bits per heavy atom. The van der Waals surface area contributed by atoms with E-state index in [-0.39, 0.29) is 0 Å². The van der Waals surface area contributed by atoms with Crippen molar-refractivity contribution >= 4 is 5.96 Å². The molecule has 0 aliphatic heterocycles. The van der Waals surface area contributed by atoms with Gasteiger partial charge in [0.25, 0.3) is 0 Å². The van der Waals surface area contributed by atoms with Gasteiger partial charge >= 0.3 is 0 Å². The minimum Gasteiger partial charge on any atom is -0.379 e. The molecule has 0 radical (unpaired) electrons. The predicted molar refractivity (Wildman–Crippen MR) is 80.7 cm³/mol. The second kappa shape index (κ2) is 15.0. The Balaban J connectivity index is 3.48. The van der Waals surface area contributed by atoms with Crippen LogP contribution < -0.4 is 10.6 Å². The topological polar surface area (TPSA) is 54.9 Å². The van der Waals surface area contributed by atoms with Gasteiger partial charge in [-0.1, -0.05) is 19.4 Å². The highest BCUT2D eigenvalue weighted by Gasteiger charge is 1.94. The summed E-state index contributed by atoms with van der Waals surface area (Å²) in [5.74, 6) is 0.796. The molecule has 0 aromatic carbocycles. The van der Waals surface area contributed by atoms with Gasteiger partial charge in [-0.2, -0.15) is 0 Å². The second-order valence-corrected chi connectivity index (χ2v) is 4.01. The summed E-state index contributed by atoms with van der Waals surface area (Å²) < 4.78 is 10.8. The zero-order valence-corrected chi connectivity index (χ0v) is 12.4. The fourth-order valence-corrected chi connectivity index (χ4v) is 1.30. The molecular formula is C14H29N3O2. The first-order chi connectivity index (χ1) is 9.35. The van der Waals surface area contributed by atoms with E-state index in [4.69, 9.17) is 9.47 Å². The smallest absolute Gasteiger partial charge is 0.191 e. The van der Waals surface area contributed by atoms with Gasteiger partial charge in [0.1, 0.15) is 0 Å². The molecule has 0 unspecified atom stereocenters. The number of ether oxygens (including phenoxy) is 2. The molecule has 0 bridgehead atoms. The molecule has 0 rings (SSSR count). The highest BCUT2D eigenvalue weighted by molar-refractivity contribution is 5.79. The minimum atomic E-state index is 0.613. The number of rotatable bonds is 12. The van der Waals surface area contributed by atoms with Crippen molar-refractivity contribution in [1.82, 2.24) is 10.6 Å². The van der Waals surface area contributed by atoms with Crippen LogP contribution in [0.4, 0.5) is 0 Å². The first kappa shape index (κ1) is 17.9. The fourth-order valence-electron chi connectivity index (χ4n) is 1.30. The van der Waals surface area contributed by atoms with Crippen molar-refractivity contribution in [1.29, 1.82) is 0 Å². The normalized spacial score (nSPS) is 11.4. The van der Waals surface area contributed by atoms with Gasteiger partial charge in [0, 0.05) is 19.7 Å². The molecule has 5 heteroatoms. The molecule has 5 nitrogen and oxygen atoms in total. The Kier molecular flexibility index (Phi) is 14.1. The largest absolute Gasteiger partial charge is 0.379 e. The summed E-state index contributed by atoms with van der Waals surface area (Å²) in [6, 6.07) is 0. The van der Waals surface area contributed by atoms with E-state index in [9.17, 15) is 0 Å². The second-order valence-electron chi connectivity index (χ2n) is 4.01. The maximum Gasteiger partial charge on any atom is 0.191 e. The summed E-state index contributed by atoms with van der Waals surface area (Å²) in [7, 11) is 0. The lowest BCUT2D eigenvalue weighted by Crippen LogP contribution is -2.37. The Bertz CT molecular complexity index is 233. The number of nitrogens with zero attached hydrogens (tertiary/aromatic N) is 1. The number of nitrogens with one attached hydrogen (secondary N) is 2. The van der Waals surface area contributed by atoms with E-state index in [0.29, 0.717) is 32.9 Å². The van der Waals surface area contributed by atoms with Crippen LogP contribution in [0.3, 0.4) is 0 Å². The van der Waals surface area contributed by atoms with Gasteiger partial charge in [0.2, 0.25) is 0 Å². The molecule has 0 amide bonds. The third-order valence-corrected chi connectivity index (χ3v) is 2.28. The van der Waals surface area contributed by atoms with Crippen LogP contribution in [-0.2, 0) is 9.47 Å². The fraction of sp³-hybridized carbons (Fsp3) is 0.786. The Hall–Kier alpha value is -1.07. The van der Waals surface area contributed by atoms with Gasteiger partial charge in [-0.15, -0.1) is 6.58 Å². The SMILES string of the molecule is C=CCNC(=NCCOCCOCCCC)NCC. The summed E-state index contributed by atoms with van der Waals surface area (Å²) in [6.45, 7) is 12.8. The quantitative estimate of drug-likeness (QED) is 0.245. The lowest BCUT2D eigenvalue weighted by atomic mass is 10.4. The van der Waals surface area contributed by atoms with Crippen molar-refractivity contribution in [2.75, 3.05) is 46.1 Å². The van der Waals surface area contributed by atoms with E-state index < -0.39 is 0 Å². The van der Waals surface area contributed by atoms with Crippen molar-refractivity contribution in [2.24, 2.45) is 4.99 Å². The number of guanidine groups is 1. The average molecular weight is 271 g/mol. The molecule has 0 aliphatic rings. The van der Waals surface area contributed by atoms with E-state index in [0.717, 1.165) is 25.5 Å². The van der Waals surface area contributed by atoms with Gasteiger partial charge < -0.3 is 20.1 Å². The maximum atomic E-state index is 5.44. The van der Waals surface area contributed by atoms with Gasteiger partial charge in [0.15, 0.2) is 5.96 Å². The number of hydrogen-bond acceptors (Lipinski definition) is 3. The summed E-state index contributed by atoms with van der Waals surface area (Å²) in [6.07, 6.45) is 4.09. The zero-order chi connectivity index (χ0) is 14.2. The Morgan fingerprint density at radius 3 is 2.47 bits per heavy atom. The average Bonchev–Trinajstić information content (AvgIpc) is 2.42. The molecule has 0 aliphatic carbocycles. The van der Waals surface area contributed by atoms with Gasteiger partial charge in [-0.25, -0.2) is 0 Å². The van der Waals surface area contributed by atoms with Crippen LogP contribution in [0.25, 0.3) is 0 Å². The van der Waals surface area contributed by atoms with Crippen molar-refractivity contribution in [3.63, 3.8) is 0 Å². The maximum absolute atomic E-state index is 5.44. The molecule has 0 atom stereocenters. The van der Waals surface area contributed by atoms with E-state index in [1.165, 1.54) is 6.42 Å². The Morgan fingerprint density at radius 2 is 1.84 bits per heavy atom. The summed E-state index contributed by atoms with van der Waals surface area (Å²) in [5.41, 5.74) is 0. The van der Waals surface area contributed by atoms with Crippen LogP contribution in [0.2, 0.25) is 0 Å². The minimum absolute atomic E-state index is 0.613. The van der Waals surface area contributed by atoms with Crippen molar-refractivity contribution in [2.45, 2.75) is 26.7 Å². The number of aliphatic imine (C=N–C) groups is 1. The van der Waals surface area contributed by atoms with E-state index in [2.05, 4.69) is 29.1 Å². The summed E-state index contributed by atoms with van der Waals surface area (Å²) >= 11 is 0. The molecular weight excluding hydrogens is 242 g/mol. The number of hydrogen-bond donors (Lipinski definition) is 2. The molecule has 2 N–H and O–H groups in total. The molecule has 0 aromatic rings. The van der Waals surface area contributed by atoms with E-state index >= 15 is 0 Å². The van der Waals surface area contributed by atoms with E-state index in [1.807, 2.05) is 6.92 Å². The molecule has 0 fully saturated rings. The predicted octanol–water partition coefficient (Wildman–Crippen LogP) is 1.56. The lowest BCUT2D eigenvalue weighted by molar-refractivity contribution is 0.0497. The number of unbranched alkanes of at least 4 members (excludes halogenated alkanes) is 1. The van der Waals surface area contributed by atoms with Crippen LogP contribution in [-0.4, -0.2) is 52.0 Å². The van der Waals surface area contributed by atoms with Crippen molar-refractivity contribution in [3.05, 3.63) is 12.7 Å². The van der Waals surface area contributed by atoms with Crippen LogP contribution in [0.15, 0.2) is 17.6 Å². The van der Waals surface area contributed by atoms with Crippen LogP contribution in [0, 0.1) is 0 Å². The molecule has 0 saturated carbocycles. The highest BCUT2D eigenvalue weighted by Crippen LogP contribution is 1.87. The standard InChI is InChI=1S/C14H29N3O2/c1-4-7-10-18-12-13-19-11-9-17-14(15-6-3)16-8-5-2/h5H,2,4,6-13H2,1,3H3,(H2,15,16,17). The van der Waals surface area contributed by atoms with Crippen molar-refractivity contribution < 1.29 is 9.47 Å². The molecule has 0 aromatic heterocycles. The molecule has 19 heavy (non-hydrogen) atoms. The lowest BCUT2D eigenvalue weighted by Gasteiger charge is -2.09. The van der Waals surface area contributed by atoms with Gasteiger partial charge in [-0.05, 0) is 13.3 Å².